The van der Waals surface area contributed by atoms with Gasteiger partial charge in [0.2, 0.25) is 0 Å². The van der Waals surface area contributed by atoms with Gasteiger partial charge >= 0.3 is 5.97 Å². The molecule has 1 aliphatic heterocycles. The van der Waals surface area contributed by atoms with Crippen molar-refractivity contribution in [1.82, 2.24) is 4.90 Å². The molecule has 0 aliphatic carbocycles. The number of likely N-dealkylation sites (N-methyl/N-ethyl adjacent to an activating group) is 1. The molecule has 2 atom stereocenters. The fourth-order valence-corrected chi connectivity index (χ4v) is 2.44. The lowest BCUT2D eigenvalue weighted by atomic mass is 9.89. The molecule has 0 radical (unpaired) electrons. The van der Waals surface area contributed by atoms with Gasteiger partial charge in [-0.1, -0.05) is 12.1 Å². The minimum absolute atomic E-state index is 0.0908. The van der Waals surface area contributed by atoms with Crippen molar-refractivity contribution in [3.8, 4) is 0 Å². The van der Waals surface area contributed by atoms with Gasteiger partial charge in [0.15, 0.2) is 0 Å². The van der Waals surface area contributed by atoms with E-state index in [4.69, 9.17) is 4.74 Å². The number of halogens is 1. The van der Waals surface area contributed by atoms with Gasteiger partial charge in [-0.3, -0.25) is 4.79 Å². The topological polar surface area (TPSA) is 29.5 Å². The molecule has 1 fully saturated rings. The van der Waals surface area contributed by atoms with Gasteiger partial charge in [0.1, 0.15) is 5.82 Å². The van der Waals surface area contributed by atoms with Gasteiger partial charge in [-0.25, -0.2) is 4.39 Å². The van der Waals surface area contributed by atoms with Crippen LogP contribution in [0.1, 0.15) is 11.5 Å². The number of esters is 1. The van der Waals surface area contributed by atoms with E-state index in [1.807, 2.05) is 7.05 Å². The van der Waals surface area contributed by atoms with E-state index in [0.29, 0.717) is 6.54 Å². The summed E-state index contributed by atoms with van der Waals surface area (Å²) in [5.41, 5.74) is 0.992. The van der Waals surface area contributed by atoms with E-state index in [2.05, 4.69) is 4.90 Å². The van der Waals surface area contributed by atoms with Crippen molar-refractivity contribution in [2.45, 2.75) is 5.92 Å². The summed E-state index contributed by atoms with van der Waals surface area (Å²) >= 11 is 0. The molecule has 92 valence electrons. The lowest BCUT2D eigenvalue weighted by Gasteiger charge is -2.16. The zero-order valence-electron chi connectivity index (χ0n) is 10.0. The highest BCUT2D eigenvalue weighted by Gasteiger charge is 2.37. The molecule has 0 N–H and O–H groups in total. The van der Waals surface area contributed by atoms with Crippen LogP contribution in [0.15, 0.2) is 24.3 Å². The molecule has 0 spiro atoms. The summed E-state index contributed by atoms with van der Waals surface area (Å²) in [5.74, 6) is -0.512. The van der Waals surface area contributed by atoms with Crippen LogP contribution >= 0.6 is 0 Å². The zero-order valence-corrected chi connectivity index (χ0v) is 10.0. The Labute approximate surface area is 100 Å². The van der Waals surface area contributed by atoms with E-state index in [0.717, 1.165) is 12.1 Å². The molecule has 17 heavy (non-hydrogen) atoms. The second-order valence-electron chi connectivity index (χ2n) is 4.51. The Kier molecular flexibility index (Phi) is 3.43. The summed E-state index contributed by atoms with van der Waals surface area (Å²) in [4.78, 5) is 13.8. The fraction of sp³-hybridized carbons (Fsp3) is 0.462. The van der Waals surface area contributed by atoms with Crippen LogP contribution in [-0.4, -0.2) is 38.1 Å². The third-order valence-electron chi connectivity index (χ3n) is 3.30. The number of hydrogen-bond acceptors (Lipinski definition) is 3. The second kappa shape index (κ2) is 4.84. The number of ether oxygens (including phenoxy) is 1. The maximum Gasteiger partial charge on any atom is 0.310 e. The normalized spacial score (nSPS) is 24.9. The standard InChI is InChI=1S/C13H16FNO2/c1-15-7-11(12(8-15)13(16)17-2)9-3-5-10(14)6-4-9/h3-6,11-12H,7-8H2,1-2H3/t11-,12-/m0/s1. The molecule has 0 amide bonds. The van der Waals surface area contributed by atoms with E-state index >= 15 is 0 Å². The molecular weight excluding hydrogens is 221 g/mol. The van der Waals surface area contributed by atoms with E-state index in [1.165, 1.54) is 19.2 Å². The minimum atomic E-state index is -0.255. The number of hydrogen-bond donors (Lipinski definition) is 0. The van der Waals surface area contributed by atoms with Gasteiger partial charge < -0.3 is 9.64 Å². The van der Waals surface area contributed by atoms with Gasteiger partial charge in [-0.15, -0.1) is 0 Å². The molecule has 1 saturated heterocycles. The lowest BCUT2D eigenvalue weighted by molar-refractivity contribution is -0.145. The largest absolute Gasteiger partial charge is 0.469 e. The number of nitrogens with zero attached hydrogens (tertiary/aromatic N) is 1. The van der Waals surface area contributed by atoms with Gasteiger partial charge in [0.05, 0.1) is 13.0 Å². The smallest absolute Gasteiger partial charge is 0.310 e. The van der Waals surface area contributed by atoms with Gasteiger partial charge in [-0.2, -0.15) is 0 Å². The molecule has 0 saturated carbocycles. The molecule has 2 rings (SSSR count). The Morgan fingerprint density at radius 1 is 1.35 bits per heavy atom. The van der Waals surface area contributed by atoms with Crippen molar-refractivity contribution in [3.05, 3.63) is 35.6 Å². The first kappa shape index (κ1) is 12.0. The summed E-state index contributed by atoms with van der Waals surface area (Å²) in [5, 5.41) is 0. The van der Waals surface area contributed by atoms with E-state index in [9.17, 15) is 9.18 Å². The number of rotatable bonds is 2. The third kappa shape index (κ3) is 2.47. The Morgan fingerprint density at radius 3 is 2.59 bits per heavy atom. The lowest BCUT2D eigenvalue weighted by Crippen LogP contribution is -2.23. The van der Waals surface area contributed by atoms with Crippen LogP contribution in [-0.2, 0) is 9.53 Å². The summed E-state index contributed by atoms with van der Waals surface area (Å²) in [6.07, 6.45) is 0. The van der Waals surface area contributed by atoms with Crippen LogP contribution < -0.4 is 0 Å². The first-order valence-electron chi connectivity index (χ1n) is 5.63. The first-order valence-corrected chi connectivity index (χ1v) is 5.63. The molecule has 0 aromatic heterocycles. The summed E-state index contributed by atoms with van der Waals surface area (Å²) in [6.45, 7) is 1.49. The Hall–Kier alpha value is -1.42. The SMILES string of the molecule is COC(=O)[C@H]1CN(C)C[C@H]1c1ccc(F)cc1. The average Bonchev–Trinajstić information content (AvgIpc) is 2.71. The molecule has 1 aliphatic rings. The first-order chi connectivity index (χ1) is 8.11. The quantitative estimate of drug-likeness (QED) is 0.732. The Balaban J connectivity index is 2.23. The highest BCUT2D eigenvalue weighted by Crippen LogP contribution is 2.32. The molecule has 3 nitrogen and oxygen atoms in total. The molecule has 1 aromatic carbocycles. The van der Waals surface area contributed by atoms with E-state index < -0.39 is 0 Å². The average molecular weight is 237 g/mol. The van der Waals surface area contributed by atoms with Crippen LogP contribution in [0.4, 0.5) is 4.39 Å². The van der Waals surface area contributed by atoms with Crippen molar-refractivity contribution in [2.24, 2.45) is 5.92 Å². The van der Waals surface area contributed by atoms with Gasteiger partial charge in [0.25, 0.3) is 0 Å². The molecule has 0 bridgehead atoms. The van der Waals surface area contributed by atoms with E-state index in [1.54, 1.807) is 12.1 Å². The maximum atomic E-state index is 12.9. The zero-order chi connectivity index (χ0) is 12.4. The molecule has 1 aromatic rings. The predicted molar refractivity (Wildman–Crippen MR) is 62.1 cm³/mol. The highest BCUT2D eigenvalue weighted by atomic mass is 19.1. The van der Waals surface area contributed by atoms with E-state index in [-0.39, 0.29) is 23.6 Å². The van der Waals surface area contributed by atoms with Crippen LogP contribution in [0.25, 0.3) is 0 Å². The van der Waals surface area contributed by atoms with Gasteiger partial charge in [-0.05, 0) is 24.7 Å². The highest BCUT2D eigenvalue weighted by molar-refractivity contribution is 5.74. The van der Waals surface area contributed by atoms with Crippen molar-refractivity contribution in [3.63, 3.8) is 0 Å². The number of carbonyl (C=O) groups excluding carboxylic acids is 1. The van der Waals surface area contributed by atoms with Crippen LogP contribution in [0, 0.1) is 11.7 Å². The fourth-order valence-electron chi connectivity index (χ4n) is 2.44. The summed E-state index contributed by atoms with van der Waals surface area (Å²) in [7, 11) is 3.38. The number of benzene rings is 1. The predicted octanol–water partition coefficient (Wildman–Crippen LogP) is 1.64. The number of carbonyl (C=O) groups is 1. The van der Waals surface area contributed by atoms with Crippen LogP contribution in [0.3, 0.4) is 0 Å². The van der Waals surface area contributed by atoms with Crippen molar-refractivity contribution < 1.29 is 13.9 Å². The Bertz CT molecular complexity index is 404. The summed E-state index contributed by atoms with van der Waals surface area (Å²) in [6, 6.07) is 6.36. The maximum absolute atomic E-state index is 12.9. The molecule has 4 heteroatoms. The second-order valence-corrected chi connectivity index (χ2v) is 4.51. The van der Waals surface area contributed by atoms with Crippen molar-refractivity contribution >= 4 is 5.97 Å². The summed E-state index contributed by atoms with van der Waals surface area (Å²) < 4.78 is 17.7. The van der Waals surface area contributed by atoms with Gasteiger partial charge in [0, 0.05) is 19.0 Å². The molecular formula is C13H16FNO2. The van der Waals surface area contributed by atoms with Crippen molar-refractivity contribution in [2.75, 3.05) is 27.2 Å². The van der Waals surface area contributed by atoms with Crippen LogP contribution in [0.5, 0.6) is 0 Å². The Morgan fingerprint density at radius 2 is 2.00 bits per heavy atom. The molecule has 0 unspecified atom stereocenters. The van der Waals surface area contributed by atoms with Crippen molar-refractivity contribution in [1.29, 1.82) is 0 Å². The number of methoxy groups -OCH3 is 1. The van der Waals surface area contributed by atoms with Crippen LogP contribution in [0.2, 0.25) is 0 Å². The number of likely N-dealkylation sites (tertiary alicyclic amines) is 1. The third-order valence-corrected chi connectivity index (χ3v) is 3.30. The monoisotopic (exact) mass is 237 g/mol. The molecule has 1 heterocycles. The minimum Gasteiger partial charge on any atom is -0.469 e.